The van der Waals surface area contributed by atoms with E-state index in [2.05, 4.69) is 5.32 Å². The minimum atomic E-state index is -1.04. The molecule has 1 fully saturated rings. The quantitative estimate of drug-likeness (QED) is 0.766. The van der Waals surface area contributed by atoms with Gasteiger partial charge in [-0.1, -0.05) is 48.5 Å². The minimum Gasteiger partial charge on any atom is -0.481 e. The summed E-state index contributed by atoms with van der Waals surface area (Å²) in [6, 6.07) is 15.3. The molecule has 0 atom stereocenters. The van der Waals surface area contributed by atoms with Gasteiger partial charge in [0.05, 0.1) is 11.0 Å². The number of amides is 1. The first-order valence-corrected chi connectivity index (χ1v) is 8.82. The zero-order valence-corrected chi connectivity index (χ0v) is 14.8. The van der Waals surface area contributed by atoms with E-state index >= 15 is 0 Å². The number of ketones is 1. The summed E-state index contributed by atoms with van der Waals surface area (Å²) >= 11 is 0. The molecule has 1 aliphatic rings. The van der Waals surface area contributed by atoms with E-state index in [4.69, 9.17) is 4.74 Å². The monoisotopic (exact) mass is 367 g/mol. The molecule has 140 valence electrons. The SMILES string of the molecule is O=C(NCC1(C(=O)O)CCOCC1)c1ccccc1C(=O)c1ccccc1. The van der Waals surface area contributed by atoms with Gasteiger partial charge in [-0.2, -0.15) is 0 Å². The molecule has 6 heteroatoms. The normalized spacial score (nSPS) is 15.7. The van der Waals surface area contributed by atoms with Gasteiger partial charge >= 0.3 is 5.97 Å². The van der Waals surface area contributed by atoms with Crippen molar-refractivity contribution < 1.29 is 24.2 Å². The van der Waals surface area contributed by atoms with E-state index in [-0.39, 0.29) is 23.5 Å². The molecule has 27 heavy (non-hydrogen) atoms. The van der Waals surface area contributed by atoms with Crippen LogP contribution in [0.4, 0.5) is 0 Å². The summed E-state index contributed by atoms with van der Waals surface area (Å²) in [5.74, 6) is -1.65. The summed E-state index contributed by atoms with van der Waals surface area (Å²) in [4.78, 5) is 37.2. The second-order valence-electron chi connectivity index (χ2n) is 6.62. The van der Waals surface area contributed by atoms with Crippen LogP contribution in [-0.2, 0) is 9.53 Å². The van der Waals surface area contributed by atoms with Crippen molar-refractivity contribution in [1.82, 2.24) is 5.32 Å². The number of ether oxygens (including phenoxy) is 1. The average molecular weight is 367 g/mol. The van der Waals surface area contributed by atoms with Crippen molar-refractivity contribution >= 4 is 17.7 Å². The first kappa shape index (κ1) is 18.8. The summed E-state index contributed by atoms with van der Waals surface area (Å²) in [5.41, 5.74) is -0.0209. The van der Waals surface area contributed by atoms with Gasteiger partial charge in [0.1, 0.15) is 0 Å². The summed E-state index contributed by atoms with van der Waals surface area (Å²) < 4.78 is 5.25. The van der Waals surface area contributed by atoms with Crippen LogP contribution in [0.25, 0.3) is 0 Å². The molecular formula is C21H21NO5. The summed E-state index contributed by atoms with van der Waals surface area (Å²) in [5, 5.41) is 12.3. The van der Waals surface area contributed by atoms with Gasteiger partial charge < -0.3 is 15.2 Å². The Bertz CT molecular complexity index is 841. The first-order chi connectivity index (χ1) is 13.0. The molecule has 0 aliphatic carbocycles. The fourth-order valence-corrected chi connectivity index (χ4v) is 3.20. The van der Waals surface area contributed by atoms with Crippen LogP contribution >= 0.6 is 0 Å². The molecule has 1 heterocycles. The Morgan fingerprint density at radius 2 is 1.52 bits per heavy atom. The number of aliphatic carboxylic acids is 1. The summed E-state index contributed by atoms with van der Waals surface area (Å²) in [7, 11) is 0. The Morgan fingerprint density at radius 1 is 0.926 bits per heavy atom. The molecule has 3 rings (SSSR count). The number of nitrogens with one attached hydrogen (secondary N) is 1. The molecule has 1 amide bonds. The lowest BCUT2D eigenvalue weighted by Crippen LogP contribution is -2.46. The minimum absolute atomic E-state index is 0.00160. The molecular weight excluding hydrogens is 346 g/mol. The van der Waals surface area contributed by atoms with Crippen molar-refractivity contribution in [2.24, 2.45) is 5.41 Å². The third-order valence-corrected chi connectivity index (χ3v) is 4.94. The fourth-order valence-electron chi connectivity index (χ4n) is 3.20. The Labute approximate surface area is 157 Å². The van der Waals surface area contributed by atoms with Crippen LogP contribution in [0.2, 0.25) is 0 Å². The third-order valence-electron chi connectivity index (χ3n) is 4.94. The van der Waals surface area contributed by atoms with E-state index in [1.165, 1.54) is 0 Å². The predicted molar refractivity (Wildman–Crippen MR) is 98.8 cm³/mol. The standard InChI is InChI=1S/C21H21NO5/c23-18(15-6-2-1-3-7-15)16-8-4-5-9-17(16)19(24)22-14-21(20(25)26)10-12-27-13-11-21/h1-9H,10-14H2,(H,22,24)(H,25,26). The van der Waals surface area contributed by atoms with Gasteiger partial charge in [0.2, 0.25) is 0 Å². The number of rotatable bonds is 6. The van der Waals surface area contributed by atoms with Crippen LogP contribution in [0.3, 0.4) is 0 Å². The zero-order chi connectivity index (χ0) is 19.3. The predicted octanol–water partition coefficient (Wildman–Crippen LogP) is 2.53. The molecule has 0 aromatic heterocycles. The molecule has 0 bridgehead atoms. The highest BCUT2D eigenvalue weighted by molar-refractivity contribution is 6.15. The number of hydrogen-bond acceptors (Lipinski definition) is 4. The maximum Gasteiger partial charge on any atom is 0.311 e. The Morgan fingerprint density at radius 3 is 2.15 bits per heavy atom. The lowest BCUT2D eigenvalue weighted by molar-refractivity contribution is -0.154. The second kappa shape index (κ2) is 8.14. The molecule has 2 aromatic rings. The number of benzene rings is 2. The zero-order valence-electron chi connectivity index (χ0n) is 14.8. The van der Waals surface area contributed by atoms with E-state index in [1.807, 2.05) is 6.07 Å². The number of carbonyl (C=O) groups excluding carboxylic acids is 2. The molecule has 6 nitrogen and oxygen atoms in total. The molecule has 2 N–H and O–H groups in total. The molecule has 1 aliphatic heterocycles. The van der Waals surface area contributed by atoms with Crippen molar-refractivity contribution in [1.29, 1.82) is 0 Å². The molecule has 2 aromatic carbocycles. The van der Waals surface area contributed by atoms with Crippen LogP contribution < -0.4 is 5.32 Å². The maximum absolute atomic E-state index is 12.8. The van der Waals surface area contributed by atoms with E-state index in [9.17, 15) is 19.5 Å². The van der Waals surface area contributed by atoms with E-state index in [1.54, 1.807) is 48.5 Å². The Balaban J connectivity index is 1.79. The van der Waals surface area contributed by atoms with Gasteiger partial charge in [-0.25, -0.2) is 0 Å². The van der Waals surface area contributed by atoms with Crippen molar-refractivity contribution in [2.45, 2.75) is 12.8 Å². The van der Waals surface area contributed by atoms with Crippen LogP contribution in [0.5, 0.6) is 0 Å². The highest BCUT2D eigenvalue weighted by Gasteiger charge is 2.40. The van der Waals surface area contributed by atoms with E-state index < -0.39 is 17.3 Å². The van der Waals surface area contributed by atoms with Gasteiger partial charge in [-0.15, -0.1) is 0 Å². The Kier molecular flexibility index (Phi) is 5.66. The van der Waals surface area contributed by atoms with Crippen molar-refractivity contribution in [3.63, 3.8) is 0 Å². The van der Waals surface area contributed by atoms with Gasteiger partial charge in [-0.3, -0.25) is 14.4 Å². The second-order valence-corrected chi connectivity index (χ2v) is 6.62. The topological polar surface area (TPSA) is 92.7 Å². The largest absolute Gasteiger partial charge is 0.481 e. The molecule has 0 radical (unpaired) electrons. The molecule has 0 saturated carbocycles. The number of carboxylic acid groups (broad SMARTS) is 1. The number of hydrogen-bond donors (Lipinski definition) is 2. The van der Waals surface area contributed by atoms with Crippen LogP contribution in [0.15, 0.2) is 54.6 Å². The molecule has 0 unspecified atom stereocenters. The van der Waals surface area contributed by atoms with Gasteiger partial charge in [0.25, 0.3) is 5.91 Å². The average Bonchev–Trinajstić information content (AvgIpc) is 2.72. The van der Waals surface area contributed by atoms with Crippen molar-refractivity contribution in [3.05, 3.63) is 71.3 Å². The van der Waals surface area contributed by atoms with Crippen LogP contribution in [0, 0.1) is 5.41 Å². The fraction of sp³-hybridized carbons (Fsp3) is 0.286. The third kappa shape index (κ3) is 4.06. The highest BCUT2D eigenvalue weighted by Crippen LogP contribution is 2.30. The van der Waals surface area contributed by atoms with E-state index in [0.717, 1.165) is 0 Å². The highest BCUT2D eigenvalue weighted by atomic mass is 16.5. The van der Waals surface area contributed by atoms with Crippen molar-refractivity contribution in [3.8, 4) is 0 Å². The number of carbonyl (C=O) groups is 3. The molecule has 0 spiro atoms. The van der Waals surface area contributed by atoms with Gasteiger partial charge in [-0.05, 0) is 18.9 Å². The first-order valence-electron chi connectivity index (χ1n) is 8.82. The summed E-state index contributed by atoms with van der Waals surface area (Å²) in [6.45, 7) is 0.703. The van der Waals surface area contributed by atoms with E-state index in [0.29, 0.717) is 31.6 Å². The lowest BCUT2D eigenvalue weighted by Gasteiger charge is -2.33. The van der Waals surface area contributed by atoms with Crippen LogP contribution in [-0.4, -0.2) is 42.5 Å². The van der Waals surface area contributed by atoms with Gasteiger partial charge in [0.15, 0.2) is 5.78 Å². The maximum atomic E-state index is 12.8. The smallest absolute Gasteiger partial charge is 0.311 e. The Hall–Kier alpha value is -2.99. The number of carboxylic acids is 1. The molecule has 1 saturated heterocycles. The summed E-state index contributed by atoms with van der Waals surface area (Å²) in [6.07, 6.45) is 0.681. The van der Waals surface area contributed by atoms with Gasteiger partial charge in [0, 0.05) is 30.9 Å². The lowest BCUT2D eigenvalue weighted by atomic mass is 9.80. The van der Waals surface area contributed by atoms with Crippen LogP contribution in [0.1, 0.15) is 39.1 Å². The van der Waals surface area contributed by atoms with Crippen molar-refractivity contribution in [2.75, 3.05) is 19.8 Å².